The van der Waals surface area contributed by atoms with Crippen molar-refractivity contribution in [2.45, 2.75) is 26.2 Å². The number of carbonyl (C=O) groups excluding carboxylic acids is 1. The highest BCUT2D eigenvalue weighted by Crippen LogP contribution is 2.38. The number of urea groups is 1. The van der Waals surface area contributed by atoms with Gasteiger partial charge in [-0.1, -0.05) is 68.8 Å². The molecule has 0 aliphatic carbocycles. The topological polar surface area (TPSA) is 87.7 Å². The number of carboxylic acid groups (broad SMARTS) is 1. The number of ether oxygens (including phenoxy) is 1. The number of para-hydroxylation sites is 2. The van der Waals surface area contributed by atoms with Crippen LogP contribution in [0.2, 0.25) is 5.02 Å². The molecule has 4 aromatic carbocycles. The average molecular weight is 533 g/mol. The van der Waals surface area contributed by atoms with Gasteiger partial charge in [-0.25, -0.2) is 14.0 Å². The van der Waals surface area contributed by atoms with Crippen LogP contribution in [0.15, 0.2) is 84.9 Å². The third-order valence-corrected chi connectivity index (χ3v) is 6.07. The monoisotopic (exact) mass is 532 g/mol. The SMILES string of the molecule is CC(C)(C)c1ccccc1Oc1ccc(-c2cc(F)cc(C(=O)O)c2)cc1NC(=O)Nc1ccccc1Cl. The second-order valence-corrected chi connectivity index (χ2v) is 10.1. The van der Waals surface area contributed by atoms with Gasteiger partial charge in [-0.3, -0.25) is 0 Å². The number of rotatable bonds is 6. The van der Waals surface area contributed by atoms with Crippen LogP contribution in [0.5, 0.6) is 11.5 Å². The van der Waals surface area contributed by atoms with Crippen LogP contribution in [-0.2, 0) is 5.41 Å². The first-order valence-electron chi connectivity index (χ1n) is 11.8. The lowest BCUT2D eigenvalue weighted by molar-refractivity contribution is 0.0696. The molecule has 194 valence electrons. The second-order valence-electron chi connectivity index (χ2n) is 9.65. The van der Waals surface area contributed by atoms with Crippen molar-refractivity contribution in [3.8, 4) is 22.6 Å². The van der Waals surface area contributed by atoms with E-state index in [9.17, 15) is 19.1 Å². The number of benzene rings is 4. The first-order chi connectivity index (χ1) is 18.0. The number of carboxylic acids is 1. The van der Waals surface area contributed by atoms with Gasteiger partial charge in [0, 0.05) is 5.56 Å². The van der Waals surface area contributed by atoms with Crippen LogP contribution < -0.4 is 15.4 Å². The van der Waals surface area contributed by atoms with Gasteiger partial charge in [0.05, 0.1) is 22.0 Å². The highest BCUT2D eigenvalue weighted by molar-refractivity contribution is 6.33. The zero-order chi connectivity index (χ0) is 27.4. The molecule has 0 aromatic heterocycles. The van der Waals surface area contributed by atoms with Crippen LogP contribution in [0.4, 0.5) is 20.6 Å². The smallest absolute Gasteiger partial charge is 0.335 e. The van der Waals surface area contributed by atoms with Gasteiger partial charge >= 0.3 is 12.0 Å². The van der Waals surface area contributed by atoms with Gasteiger partial charge in [0.1, 0.15) is 11.6 Å². The molecule has 0 heterocycles. The molecule has 8 heteroatoms. The van der Waals surface area contributed by atoms with E-state index in [1.54, 1.807) is 42.5 Å². The summed E-state index contributed by atoms with van der Waals surface area (Å²) in [7, 11) is 0. The van der Waals surface area contributed by atoms with E-state index in [-0.39, 0.29) is 16.7 Å². The summed E-state index contributed by atoms with van der Waals surface area (Å²) in [5.41, 5.74) is 2.09. The molecule has 0 saturated carbocycles. The van der Waals surface area contributed by atoms with E-state index >= 15 is 0 Å². The summed E-state index contributed by atoms with van der Waals surface area (Å²) in [6.07, 6.45) is 0. The largest absolute Gasteiger partial charge is 0.478 e. The van der Waals surface area contributed by atoms with E-state index in [1.165, 1.54) is 12.1 Å². The molecule has 0 bridgehead atoms. The highest BCUT2D eigenvalue weighted by atomic mass is 35.5. The van der Waals surface area contributed by atoms with E-state index in [0.717, 1.165) is 11.6 Å². The molecule has 2 amide bonds. The molecule has 4 aromatic rings. The highest BCUT2D eigenvalue weighted by Gasteiger charge is 2.20. The minimum atomic E-state index is -1.25. The quantitative estimate of drug-likeness (QED) is 0.232. The van der Waals surface area contributed by atoms with Gasteiger partial charge < -0.3 is 20.5 Å². The number of carbonyl (C=O) groups is 2. The van der Waals surface area contributed by atoms with Crippen molar-refractivity contribution in [1.29, 1.82) is 0 Å². The molecule has 0 aliphatic heterocycles. The molecular weight excluding hydrogens is 507 g/mol. The molecule has 0 spiro atoms. The van der Waals surface area contributed by atoms with Gasteiger partial charge in [0.15, 0.2) is 5.75 Å². The summed E-state index contributed by atoms with van der Waals surface area (Å²) >= 11 is 6.18. The summed E-state index contributed by atoms with van der Waals surface area (Å²) in [6, 6.07) is 22.3. The Morgan fingerprint density at radius 3 is 2.21 bits per heavy atom. The number of hydrogen-bond donors (Lipinski definition) is 3. The van der Waals surface area contributed by atoms with Crippen molar-refractivity contribution < 1.29 is 23.8 Å². The molecule has 0 fully saturated rings. The standard InChI is InChI=1S/C30H26ClFN2O4/c1-30(2,3)22-8-4-7-11-26(22)38-27-13-12-18(19-14-20(28(35)36)16-21(32)15-19)17-25(27)34-29(37)33-24-10-6-5-9-23(24)31/h4-17H,1-3H3,(H,35,36)(H2,33,34,37). The van der Waals surface area contributed by atoms with E-state index in [1.807, 2.05) is 24.3 Å². The molecule has 38 heavy (non-hydrogen) atoms. The van der Waals surface area contributed by atoms with Crippen LogP contribution in [0.1, 0.15) is 36.7 Å². The molecule has 4 rings (SSSR count). The van der Waals surface area contributed by atoms with Crippen LogP contribution in [0, 0.1) is 5.82 Å². The Morgan fingerprint density at radius 2 is 1.50 bits per heavy atom. The summed E-state index contributed by atoms with van der Waals surface area (Å²) in [5, 5.41) is 15.2. The summed E-state index contributed by atoms with van der Waals surface area (Å²) < 4.78 is 20.5. The third kappa shape index (κ3) is 6.30. The van der Waals surface area contributed by atoms with E-state index < -0.39 is 17.8 Å². The van der Waals surface area contributed by atoms with Crippen LogP contribution in [0.3, 0.4) is 0 Å². The number of amides is 2. The number of hydrogen-bond acceptors (Lipinski definition) is 3. The Kier molecular flexibility index (Phi) is 7.69. The molecule has 0 aliphatic rings. The zero-order valence-corrected chi connectivity index (χ0v) is 21.8. The molecule has 0 saturated heterocycles. The average Bonchev–Trinajstić information content (AvgIpc) is 2.85. The number of halogens is 2. The van der Waals surface area contributed by atoms with Crippen molar-refractivity contribution in [1.82, 2.24) is 0 Å². The molecule has 6 nitrogen and oxygen atoms in total. The molecule has 3 N–H and O–H groups in total. The number of anilines is 2. The fourth-order valence-electron chi connectivity index (χ4n) is 3.91. The fraction of sp³-hybridized carbons (Fsp3) is 0.133. The maximum absolute atomic E-state index is 14.2. The molecule has 0 unspecified atom stereocenters. The first-order valence-corrected chi connectivity index (χ1v) is 12.2. The van der Waals surface area contributed by atoms with Gasteiger partial charge in [0.25, 0.3) is 0 Å². The van der Waals surface area contributed by atoms with Gasteiger partial charge in [-0.15, -0.1) is 0 Å². The molecule has 0 atom stereocenters. The third-order valence-electron chi connectivity index (χ3n) is 5.74. The lowest BCUT2D eigenvalue weighted by Gasteiger charge is -2.23. The fourth-order valence-corrected chi connectivity index (χ4v) is 4.09. The van der Waals surface area contributed by atoms with Crippen molar-refractivity contribution in [3.63, 3.8) is 0 Å². The second kappa shape index (κ2) is 10.9. The lowest BCUT2D eigenvalue weighted by atomic mass is 9.86. The van der Waals surface area contributed by atoms with E-state index in [0.29, 0.717) is 33.3 Å². The Labute approximate surface area is 225 Å². The zero-order valence-electron chi connectivity index (χ0n) is 21.0. The summed E-state index contributed by atoms with van der Waals surface area (Å²) in [6.45, 7) is 6.20. The summed E-state index contributed by atoms with van der Waals surface area (Å²) in [4.78, 5) is 24.4. The maximum atomic E-state index is 14.2. The minimum Gasteiger partial charge on any atom is -0.478 e. The maximum Gasteiger partial charge on any atom is 0.335 e. The van der Waals surface area contributed by atoms with Crippen LogP contribution in [0.25, 0.3) is 11.1 Å². The van der Waals surface area contributed by atoms with Crippen molar-refractivity contribution >= 4 is 35.0 Å². The van der Waals surface area contributed by atoms with Gasteiger partial charge in [0.2, 0.25) is 0 Å². The number of aromatic carboxylic acids is 1. The van der Waals surface area contributed by atoms with Crippen molar-refractivity contribution in [2.24, 2.45) is 0 Å². The van der Waals surface area contributed by atoms with Gasteiger partial charge in [-0.2, -0.15) is 0 Å². The predicted molar refractivity (Wildman–Crippen MR) is 148 cm³/mol. The Morgan fingerprint density at radius 1 is 0.816 bits per heavy atom. The Bertz CT molecular complexity index is 1510. The van der Waals surface area contributed by atoms with E-state index in [4.69, 9.17) is 16.3 Å². The van der Waals surface area contributed by atoms with Gasteiger partial charge in [-0.05, 0) is 65.1 Å². The molecular formula is C30H26ClFN2O4. The first kappa shape index (κ1) is 26.7. The van der Waals surface area contributed by atoms with Crippen molar-refractivity contribution in [2.75, 3.05) is 10.6 Å². The van der Waals surface area contributed by atoms with Crippen LogP contribution in [-0.4, -0.2) is 17.1 Å². The predicted octanol–water partition coefficient (Wildman–Crippen LogP) is 8.58. The molecule has 0 radical (unpaired) electrons. The summed E-state index contributed by atoms with van der Waals surface area (Å²) in [5.74, 6) is -0.983. The van der Waals surface area contributed by atoms with E-state index in [2.05, 4.69) is 31.4 Å². The normalized spacial score (nSPS) is 11.1. The lowest BCUT2D eigenvalue weighted by Crippen LogP contribution is -2.20. The van der Waals surface area contributed by atoms with Crippen LogP contribution >= 0.6 is 11.6 Å². The van der Waals surface area contributed by atoms with Crippen molar-refractivity contribution in [3.05, 3.63) is 107 Å². The number of nitrogens with one attached hydrogen (secondary N) is 2. The minimum absolute atomic E-state index is 0.189. The Hall–Kier alpha value is -4.36. The Balaban J connectivity index is 1.75.